The number of sulfonamides is 1. The number of rotatable bonds is 8. The van der Waals surface area contributed by atoms with Crippen LogP contribution in [0.3, 0.4) is 0 Å². The second-order valence-corrected chi connectivity index (χ2v) is 5.68. The first-order valence-electron chi connectivity index (χ1n) is 5.89. The van der Waals surface area contributed by atoms with Gasteiger partial charge in [0.25, 0.3) is 0 Å². The molecule has 20 heavy (non-hydrogen) atoms. The highest BCUT2D eigenvalue weighted by molar-refractivity contribution is 7.92. The lowest BCUT2D eigenvalue weighted by atomic mass is 10.2. The molecule has 0 radical (unpaired) electrons. The normalized spacial score (nSPS) is 11.1. The lowest BCUT2D eigenvalue weighted by Gasteiger charge is -2.12. The molecule has 112 valence electrons. The molecule has 0 aliphatic rings. The summed E-state index contributed by atoms with van der Waals surface area (Å²) in [5.41, 5.74) is 0.0530. The molecule has 0 bridgehead atoms. The summed E-state index contributed by atoms with van der Waals surface area (Å²) < 4.78 is 35.9. The van der Waals surface area contributed by atoms with Gasteiger partial charge in [-0.05, 0) is 25.1 Å². The standard InChI is InChI=1S/C12H17NO6S/c1-3-19-6-7-20(16,17)13-10-8-9(12(14)15)4-5-11(10)18-2/h4-5,8,13H,3,6-7H2,1-2H3,(H,14,15). The summed E-state index contributed by atoms with van der Waals surface area (Å²) in [6, 6.07) is 3.93. The highest BCUT2D eigenvalue weighted by atomic mass is 32.2. The van der Waals surface area contributed by atoms with E-state index in [9.17, 15) is 13.2 Å². The van der Waals surface area contributed by atoms with Gasteiger partial charge in [0.15, 0.2) is 0 Å². The van der Waals surface area contributed by atoms with Gasteiger partial charge >= 0.3 is 5.97 Å². The van der Waals surface area contributed by atoms with Crippen molar-refractivity contribution < 1.29 is 27.8 Å². The molecule has 7 nitrogen and oxygen atoms in total. The molecule has 0 unspecified atom stereocenters. The molecule has 0 fully saturated rings. The van der Waals surface area contributed by atoms with Crippen LogP contribution in [0.2, 0.25) is 0 Å². The van der Waals surface area contributed by atoms with Crippen LogP contribution in [0.25, 0.3) is 0 Å². The molecule has 8 heteroatoms. The predicted octanol–water partition coefficient (Wildman–Crippen LogP) is 1.17. The zero-order valence-corrected chi connectivity index (χ0v) is 12.1. The molecule has 0 saturated heterocycles. The quantitative estimate of drug-likeness (QED) is 0.699. The van der Waals surface area contributed by atoms with E-state index in [-0.39, 0.29) is 29.4 Å². The van der Waals surface area contributed by atoms with Crippen molar-refractivity contribution in [2.45, 2.75) is 6.92 Å². The van der Waals surface area contributed by atoms with E-state index < -0.39 is 16.0 Å². The fraction of sp³-hybridized carbons (Fsp3) is 0.417. The predicted molar refractivity (Wildman–Crippen MR) is 73.9 cm³/mol. The molecule has 0 atom stereocenters. The van der Waals surface area contributed by atoms with Crippen LogP contribution in [-0.2, 0) is 14.8 Å². The Kier molecular flexibility index (Phi) is 5.78. The van der Waals surface area contributed by atoms with Crippen molar-refractivity contribution >= 4 is 21.7 Å². The van der Waals surface area contributed by atoms with Crippen LogP contribution < -0.4 is 9.46 Å². The second kappa shape index (κ2) is 7.11. The Morgan fingerprint density at radius 3 is 2.65 bits per heavy atom. The Balaban J connectivity index is 2.94. The van der Waals surface area contributed by atoms with Gasteiger partial charge < -0.3 is 14.6 Å². The largest absolute Gasteiger partial charge is 0.495 e. The number of ether oxygens (including phenoxy) is 2. The van der Waals surface area contributed by atoms with Crippen molar-refractivity contribution in [3.63, 3.8) is 0 Å². The number of nitrogens with one attached hydrogen (secondary N) is 1. The van der Waals surface area contributed by atoms with E-state index in [2.05, 4.69) is 4.72 Å². The first-order valence-corrected chi connectivity index (χ1v) is 7.54. The average Bonchev–Trinajstić information content (AvgIpc) is 2.38. The summed E-state index contributed by atoms with van der Waals surface area (Å²) in [7, 11) is -2.26. The molecule has 0 heterocycles. The fourth-order valence-electron chi connectivity index (χ4n) is 1.45. The lowest BCUT2D eigenvalue weighted by molar-refractivity contribution is 0.0697. The topological polar surface area (TPSA) is 102 Å². The Bertz CT molecular complexity index is 569. The number of aromatic carboxylic acids is 1. The van der Waals surface area contributed by atoms with Crippen LogP contribution in [0.5, 0.6) is 5.75 Å². The molecule has 0 spiro atoms. The summed E-state index contributed by atoms with van der Waals surface area (Å²) in [5, 5.41) is 8.91. The van der Waals surface area contributed by atoms with E-state index in [0.29, 0.717) is 6.61 Å². The molecule has 0 aliphatic carbocycles. The van der Waals surface area contributed by atoms with Gasteiger partial charge in [-0.1, -0.05) is 0 Å². The van der Waals surface area contributed by atoms with Crippen molar-refractivity contribution in [2.75, 3.05) is 30.8 Å². The van der Waals surface area contributed by atoms with Gasteiger partial charge in [0.2, 0.25) is 10.0 Å². The van der Waals surface area contributed by atoms with Crippen molar-refractivity contribution in [1.29, 1.82) is 0 Å². The number of hydrogen-bond acceptors (Lipinski definition) is 5. The summed E-state index contributed by atoms with van der Waals surface area (Å²) >= 11 is 0. The number of benzene rings is 1. The minimum absolute atomic E-state index is 0.0340. The van der Waals surface area contributed by atoms with Gasteiger partial charge in [-0.15, -0.1) is 0 Å². The average molecular weight is 303 g/mol. The minimum Gasteiger partial charge on any atom is -0.495 e. The third kappa shape index (κ3) is 4.71. The monoisotopic (exact) mass is 303 g/mol. The van der Waals surface area contributed by atoms with E-state index in [4.69, 9.17) is 14.6 Å². The van der Waals surface area contributed by atoms with Crippen LogP contribution in [0.4, 0.5) is 5.69 Å². The molecule has 0 saturated carbocycles. The number of carboxylic acid groups (broad SMARTS) is 1. The molecular formula is C12H17NO6S. The van der Waals surface area contributed by atoms with Crippen molar-refractivity contribution in [2.24, 2.45) is 0 Å². The molecule has 1 aromatic carbocycles. The third-order valence-electron chi connectivity index (χ3n) is 2.41. The Labute approximate surface area is 117 Å². The maximum atomic E-state index is 11.8. The van der Waals surface area contributed by atoms with Crippen LogP contribution in [0.1, 0.15) is 17.3 Å². The van der Waals surface area contributed by atoms with Gasteiger partial charge in [-0.3, -0.25) is 4.72 Å². The van der Waals surface area contributed by atoms with E-state index in [1.54, 1.807) is 6.92 Å². The maximum Gasteiger partial charge on any atom is 0.335 e. The first-order chi connectivity index (χ1) is 9.39. The van der Waals surface area contributed by atoms with E-state index in [1.807, 2.05) is 0 Å². The molecule has 1 aromatic rings. The van der Waals surface area contributed by atoms with Gasteiger partial charge in [-0.25, -0.2) is 13.2 Å². The van der Waals surface area contributed by atoms with Crippen LogP contribution in [0, 0.1) is 0 Å². The number of methoxy groups -OCH3 is 1. The Hall–Kier alpha value is -1.80. The number of anilines is 1. The van der Waals surface area contributed by atoms with E-state index in [0.717, 1.165) is 0 Å². The maximum absolute atomic E-state index is 11.8. The summed E-state index contributed by atoms with van der Waals surface area (Å²) in [6.45, 7) is 2.25. The number of carboxylic acids is 1. The van der Waals surface area contributed by atoms with Crippen LogP contribution >= 0.6 is 0 Å². The third-order valence-corrected chi connectivity index (χ3v) is 3.65. The molecule has 0 amide bonds. The molecular weight excluding hydrogens is 286 g/mol. The minimum atomic E-state index is -3.63. The highest BCUT2D eigenvalue weighted by Crippen LogP contribution is 2.26. The lowest BCUT2D eigenvalue weighted by Crippen LogP contribution is -2.20. The smallest absolute Gasteiger partial charge is 0.335 e. The van der Waals surface area contributed by atoms with Gasteiger partial charge in [0.05, 0.1) is 30.7 Å². The molecule has 1 rings (SSSR count). The summed E-state index contributed by atoms with van der Waals surface area (Å²) in [4.78, 5) is 10.9. The summed E-state index contributed by atoms with van der Waals surface area (Å²) in [5.74, 6) is -1.13. The molecule has 0 aromatic heterocycles. The zero-order chi connectivity index (χ0) is 15.2. The van der Waals surface area contributed by atoms with Crippen LogP contribution in [-0.4, -0.2) is 45.6 Å². The van der Waals surface area contributed by atoms with E-state index in [1.165, 1.54) is 25.3 Å². The second-order valence-electron chi connectivity index (χ2n) is 3.84. The van der Waals surface area contributed by atoms with Gasteiger partial charge in [0, 0.05) is 6.61 Å². The van der Waals surface area contributed by atoms with Crippen molar-refractivity contribution in [3.05, 3.63) is 23.8 Å². The zero-order valence-electron chi connectivity index (χ0n) is 11.3. The van der Waals surface area contributed by atoms with E-state index >= 15 is 0 Å². The van der Waals surface area contributed by atoms with Crippen LogP contribution in [0.15, 0.2) is 18.2 Å². The molecule has 2 N–H and O–H groups in total. The van der Waals surface area contributed by atoms with Crippen molar-refractivity contribution in [1.82, 2.24) is 0 Å². The number of carbonyl (C=O) groups is 1. The van der Waals surface area contributed by atoms with Gasteiger partial charge in [0.1, 0.15) is 5.75 Å². The van der Waals surface area contributed by atoms with Crippen molar-refractivity contribution in [3.8, 4) is 5.75 Å². The molecule has 0 aliphatic heterocycles. The fourth-order valence-corrected chi connectivity index (χ4v) is 2.39. The SMILES string of the molecule is CCOCCS(=O)(=O)Nc1cc(C(=O)O)ccc1OC. The Morgan fingerprint density at radius 2 is 2.10 bits per heavy atom. The Morgan fingerprint density at radius 1 is 1.40 bits per heavy atom. The first kappa shape index (κ1) is 16.3. The number of hydrogen-bond donors (Lipinski definition) is 2. The highest BCUT2D eigenvalue weighted by Gasteiger charge is 2.15. The van der Waals surface area contributed by atoms with Gasteiger partial charge in [-0.2, -0.15) is 0 Å². The summed E-state index contributed by atoms with van der Waals surface area (Å²) in [6.07, 6.45) is 0.